The van der Waals surface area contributed by atoms with Crippen LogP contribution in [-0.4, -0.2) is 36.5 Å². The molecule has 3 nitrogen and oxygen atoms in total. The Kier molecular flexibility index (Phi) is 4.77. The Labute approximate surface area is 117 Å². The number of amides is 1. The molecule has 5 heteroatoms. The van der Waals surface area contributed by atoms with Crippen molar-refractivity contribution in [3.05, 3.63) is 34.6 Å². The van der Waals surface area contributed by atoms with Crippen molar-refractivity contribution in [1.82, 2.24) is 10.2 Å². The molecule has 19 heavy (non-hydrogen) atoms. The molecule has 0 radical (unpaired) electrons. The number of nitrogens with one attached hydrogen (secondary N) is 1. The summed E-state index contributed by atoms with van der Waals surface area (Å²) < 4.78 is 13.9. The van der Waals surface area contributed by atoms with Crippen molar-refractivity contribution in [2.75, 3.05) is 19.6 Å². The monoisotopic (exact) mass is 284 g/mol. The van der Waals surface area contributed by atoms with Crippen LogP contribution in [-0.2, 0) is 0 Å². The molecule has 1 heterocycles. The van der Waals surface area contributed by atoms with Crippen molar-refractivity contribution < 1.29 is 9.18 Å². The highest BCUT2D eigenvalue weighted by atomic mass is 35.5. The van der Waals surface area contributed by atoms with E-state index in [2.05, 4.69) is 5.32 Å². The second-order valence-electron chi connectivity index (χ2n) is 4.69. The molecule has 1 unspecified atom stereocenters. The summed E-state index contributed by atoms with van der Waals surface area (Å²) in [7, 11) is 0. The number of likely N-dealkylation sites (N-methyl/N-ethyl adjacent to an activating group) is 1. The van der Waals surface area contributed by atoms with E-state index in [4.69, 9.17) is 11.6 Å². The van der Waals surface area contributed by atoms with E-state index in [1.807, 2.05) is 6.92 Å². The predicted molar refractivity (Wildman–Crippen MR) is 74.0 cm³/mol. The van der Waals surface area contributed by atoms with Crippen molar-refractivity contribution in [2.45, 2.75) is 25.8 Å². The molecule has 1 aromatic carbocycles. The SMILES string of the molecule is CCN(C(=O)c1cccc(Cl)c1F)C1CCCNC1. The minimum Gasteiger partial charge on any atom is -0.335 e. The number of hydrogen-bond acceptors (Lipinski definition) is 2. The lowest BCUT2D eigenvalue weighted by atomic mass is 10.0. The molecule has 2 rings (SSSR count). The summed E-state index contributed by atoms with van der Waals surface area (Å²) >= 11 is 5.73. The number of carbonyl (C=O) groups is 1. The van der Waals surface area contributed by atoms with E-state index in [1.54, 1.807) is 11.0 Å². The van der Waals surface area contributed by atoms with Crippen molar-refractivity contribution in [3.63, 3.8) is 0 Å². The summed E-state index contributed by atoms with van der Waals surface area (Å²) in [6, 6.07) is 4.67. The Morgan fingerprint density at radius 2 is 2.37 bits per heavy atom. The van der Waals surface area contributed by atoms with E-state index in [0.717, 1.165) is 25.9 Å². The van der Waals surface area contributed by atoms with Crippen LogP contribution < -0.4 is 5.32 Å². The van der Waals surface area contributed by atoms with Gasteiger partial charge in [0, 0.05) is 19.1 Å². The Bertz CT molecular complexity index is 461. The zero-order chi connectivity index (χ0) is 13.8. The second kappa shape index (κ2) is 6.35. The van der Waals surface area contributed by atoms with Crippen molar-refractivity contribution >= 4 is 17.5 Å². The highest BCUT2D eigenvalue weighted by Crippen LogP contribution is 2.21. The summed E-state index contributed by atoms with van der Waals surface area (Å²) in [5.41, 5.74) is 0.0555. The van der Waals surface area contributed by atoms with Gasteiger partial charge in [0.1, 0.15) is 0 Å². The fourth-order valence-corrected chi connectivity index (χ4v) is 2.67. The molecule has 0 spiro atoms. The number of halogens is 2. The van der Waals surface area contributed by atoms with E-state index < -0.39 is 5.82 Å². The molecule has 0 bridgehead atoms. The van der Waals surface area contributed by atoms with Crippen LogP contribution in [0.3, 0.4) is 0 Å². The smallest absolute Gasteiger partial charge is 0.257 e. The molecule has 1 aliphatic heterocycles. The molecule has 0 aromatic heterocycles. The van der Waals surface area contributed by atoms with Crippen LogP contribution in [0.2, 0.25) is 5.02 Å². The standard InChI is InChI=1S/C14H18ClFN2O/c1-2-18(10-5-4-8-17-9-10)14(19)11-6-3-7-12(15)13(11)16/h3,6-7,10,17H,2,4-5,8-9H2,1H3. The predicted octanol–water partition coefficient (Wildman–Crippen LogP) is 2.69. The van der Waals surface area contributed by atoms with Crippen LogP contribution in [0, 0.1) is 5.82 Å². The van der Waals surface area contributed by atoms with E-state index in [1.165, 1.54) is 12.1 Å². The maximum Gasteiger partial charge on any atom is 0.257 e. The first-order valence-corrected chi connectivity index (χ1v) is 6.98. The summed E-state index contributed by atoms with van der Waals surface area (Å²) in [6.45, 7) is 4.22. The molecule has 0 saturated carbocycles. The Morgan fingerprint density at radius 3 is 3.00 bits per heavy atom. The van der Waals surface area contributed by atoms with E-state index in [0.29, 0.717) is 6.54 Å². The highest BCUT2D eigenvalue weighted by Gasteiger charge is 2.26. The van der Waals surface area contributed by atoms with Crippen molar-refractivity contribution in [2.24, 2.45) is 0 Å². The van der Waals surface area contributed by atoms with Gasteiger partial charge >= 0.3 is 0 Å². The van der Waals surface area contributed by atoms with Crippen LogP contribution in [0.1, 0.15) is 30.1 Å². The van der Waals surface area contributed by atoms with Crippen LogP contribution in [0.4, 0.5) is 4.39 Å². The van der Waals surface area contributed by atoms with Crippen molar-refractivity contribution in [3.8, 4) is 0 Å². The first kappa shape index (κ1) is 14.3. The molecular formula is C14H18ClFN2O. The minimum atomic E-state index is -0.628. The molecule has 1 aliphatic rings. The average molecular weight is 285 g/mol. The van der Waals surface area contributed by atoms with E-state index in [9.17, 15) is 9.18 Å². The first-order chi connectivity index (χ1) is 9.15. The third kappa shape index (κ3) is 3.07. The maximum atomic E-state index is 13.9. The van der Waals surface area contributed by atoms with Gasteiger partial charge in [0.15, 0.2) is 5.82 Å². The summed E-state index contributed by atoms with van der Waals surface area (Å²) in [5.74, 6) is -0.910. The van der Waals surface area contributed by atoms with Gasteiger partial charge in [-0.25, -0.2) is 4.39 Å². The van der Waals surface area contributed by atoms with Gasteiger partial charge in [-0.1, -0.05) is 17.7 Å². The van der Waals surface area contributed by atoms with Crippen molar-refractivity contribution in [1.29, 1.82) is 0 Å². The largest absolute Gasteiger partial charge is 0.335 e. The topological polar surface area (TPSA) is 32.3 Å². The second-order valence-corrected chi connectivity index (χ2v) is 5.10. The van der Waals surface area contributed by atoms with Crippen LogP contribution in [0.25, 0.3) is 0 Å². The lowest BCUT2D eigenvalue weighted by Crippen LogP contribution is -2.48. The van der Waals surface area contributed by atoms with E-state index >= 15 is 0 Å². The Morgan fingerprint density at radius 1 is 1.58 bits per heavy atom. The normalized spacial score (nSPS) is 19.2. The summed E-state index contributed by atoms with van der Waals surface area (Å²) in [4.78, 5) is 14.2. The maximum absolute atomic E-state index is 13.9. The molecular weight excluding hydrogens is 267 g/mol. The Hall–Kier alpha value is -1.13. The molecule has 104 valence electrons. The third-order valence-electron chi connectivity index (χ3n) is 3.50. The number of carbonyl (C=O) groups excluding carboxylic acids is 1. The zero-order valence-corrected chi connectivity index (χ0v) is 11.7. The number of rotatable bonds is 3. The number of nitrogens with zero attached hydrogens (tertiary/aromatic N) is 1. The molecule has 1 aromatic rings. The van der Waals surface area contributed by atoms with Crippen LogP contribution in [0.15, 0.2) is 18.2 Å². The van der Waals surface area contributed by atoms with Crippen LogP contribution >= 0.6 is 11.6 Å². The Balaban J connectivity index is 2.22. The van der Waals surface area contributed by atoms with Gasteiger partial charge in [-0.15, -0.1) is 0 Å². The van der Waals surface area contributed by atoms with Gasteiger partial charge in [0.05, 0.1) is 10.6 Å². The molecule has 1 amide bonds. The molecule has 0 aliphatic carbocycles. The van der Waals surface area contributed by atoms with Crippen LogP contribution in [0.5, 0.6) is 0 Å². The van der Waals surface area contributed by atoms with Gasteiger partial charge in [-0.05, 0) is 38.4 Å². The molecule has 1 fully saturated rings. The summed E-state index contributed by atoms with van der Waals surface area (Å²) in [6.07, 6.45) is 1.99. The molecule has 1 atom stereocenters. The molecule has 1 N–H and O–H groups in total. The van der Waals surface area contributed by atoms with E-state index in [-0.39, 0.29) is 22.5 Å². The number of piperidine rings is 1. The first-order valence-electron chi connectivity index (χ1n) is 6.60. The van der Waals surface area contributed by atoms with Gasteiger partial charge in [-0.2, -0.15) is 0 Å². The average Bonchev–Trinajstić information content (AvgIpc) is 2.44. The number of hydrogen-bond donors (Lipinski definition) is 1. The molecule has 1 saturated heterocycles. The lowest BCUT2D eigenvalue weighted by molar-refractivity contribution is 0.0657. The fourth-order valence-electron chi connectivity index (χ4n) is 2.49. The van der Waals surface area contributed by atoms with Gasteiger partial charge < -0.3 is 10.2 Å². The van der Waals surface area contributed by atoms with Gasteiger partial charge in [0.25, 0.3) is 5.91 Å². The third-order valence-corrected chi connectivity index (χ3v) is 3.79. The fraction of sp³-hybridized carbons (Fsp3) is 0.500. The number of benzene rings is 1. The summed E-state index contributed by atoms with van der Waals surface area (Å²) in [5, 5.41) is 3.26. The quantitative estimate of drug-likeness (QED) is 0.926. The van der Waals surface area contributed by atoms with Gasteiger partial charge in [-0.3, -0.25) is 4.79 Å². The zero-order valence-electron chi connectivity index (χ0n) is 11.0. The lowest BCUT2D eigenvalue weighted by Gasteiger charge is -2.34. The van der Waals surface area contributed by atoms with Gasteiger partial charge in [0.2, 0.25) is 0 Å². The highest BCUT2D eigenvalue weighted by molar-refractivity contribution is 6.31. The minimum absolute atomic E-state index is 0.0105.